The maximum Gasteiger partial charge on any atom is 0.251 e. The van der Waals surface area contributed by atoms with Crippen LogP contribution in [0.15, 0.2) is 30.6 Å². The number of nitrogens with zero attached hydrogens (tertiary/aromatic N) is 4. The highest BCUT2D eigenvalue weighted by Crippen LogP contribution is 2.26. The van der Waals surface area contributed by atoms with Gasteiger partial charge in [-0.15, -0.1) is 0 Å². The Morgan fingerprint density at radius 2 is 2.21 bits per heavy atom. The van der Waals surface area contributed by atoms with Crippen LogP contribution in [0.5, 0.6) is 0 Å². The SMILES string of the molecule is CN(C)c1cc(N2C[C@H](O)C[C@@H]2CNC(=O)c2ccc3c(c2)CCN3)ncn1. The number of benzene rings is 1. The average Bonchev–Trinajstić information content (AvgIpc) is 3.31. The molecule has 0 spiro atoms. The van der Waals surface area contributed by atoms with Crippen molar-refractivity contribution in [3.63, 3.8) is 0 Å². The molecule has 1 aromatic carbocycles. The van der Waals surface area contributed by atoms with Gasteiger partial charge >= 0.3 is 0 Å². The lowest BCUT2D eigenvalue weighted by atomic mass is 10.1. The van der Waals surface area contributed by atoms with Crippen molar-refractivity contribution in [2.24, 2.45) is 0 Å². The number of amides is 1. The number of aliphatic hydroxyl groups excluding tert-OH is 1. The van der Waals surface area contributed by atoms with Crippen molar-refractivity contribution >= 4 is 23.2 Å². The molecule has 0 saturated carbocycles. The quantitative estimate of drug-likeness (QED) is 0.707. The highest BCUT2D eigenvalue weighted by Gasteiger charge is 2.32. The van der Waals surface area contributed by atoms with Gasteiger partial charge in [-0.1, -0.05) is 0 Å². The fourth-order valence-corrected chi connectivity index (χ4v) is 3.86. The normalized spacial score (nSPS) is 20.6. The van der Waals surface area contributed by atoms with Crippen molar-refractivity contribution in [2.75, 3.05) is 48.8 Å². The number of hydrogen-bond acceptors (Lipinski definition) is 7. The van der Waals surface area contributed by atoms with E-state index in [9.17, 15) is 9.90 Å². The second-order valence-electron chi connectivity index (χ2n) is 7.58. The maximum absolute atomic E-state index is 12.6. The Labute approximate surface area is 164 Å². The second-order valence-corrected chi connectivity index (χ2v) is 7.58. The molecule has 0 radical (unpaired) electrons. The van der Waals surface area contributed by atoms with Crippen molar-refractivity contribution in [2.45, 2.75) is 25.0 Å². The predicted molar refractivity (Wildman–Crippen MR) is 109 cm³/mol. The standard InChI is InChI=1S/C20H26N6O2/c1-25(2)18-9-19(24-12-23-18)26-11-16(27)8-15(26)10-22-20(28)14-3-4-17-13(7-14)5-6-21-17/h3-4,7,9,12,15-16,21,27H,5-6,8,10-11H2,1-2H3,(H,22,28)/t15-,16-/m1/s1. The van der Waals surface area contributed by atoms with Gasteiger partial charge in [0, 0.05) is 51.0 Å². The zero-order valence-electron chi connectivity index (χ0n) is 16.2. The molecule has 2 aliphatic rings. The van der Waals surface area contributed by atoms with Gasteiger partial charge in [0.2, 0.25) is 0 Å². The van der Waals surface area contributed by atoms with Crippen LogP contribution in [0, 0.1) is 0 Å². The van der Waals surface area contributed by atoms with Gasteiger partial charge < -0.3 is 25.5 Å². The summed E-state index contributed by atoms with van der Waals surface area (Å²) in [6.07, 6.45) is 2.63. The molecule has 1 aromatic heterocycles. The number of aliphatic hydroxyl groups is 1. The summed E-state index contributed by atoms with van der Waals surface area (Å²) in [6, 6.07) is 7.66. The number of anilines is 3. The lowest BCUT2D eigenvalue weighted by Crippen LogP contribution is -2.40. The molecule has 0 bridgehead atoms. The van der Waals surface area contributed by atoms with E-state index in [2.05, 4.69) is 20.6 Å². The van der Waals surface area contributed by atoms with Crippen LogP contribution < -0.4 is 20.4 Å². The number of nitrogens with one attached hydrogen (secondary N) is 2. The van der Waals surface area contributed by atoms with E-state index in [1.807, 2.05) is 48.2 Å². The Morgan fingerprint density at radius 3 is 3.04 bits per heavy atom. The fourth-order valence-electron chi connectivity index (χ4n) is 3.86. The summed E-state index contributed by atoms with van der Waals surface area (Å²) in [6.45, 7) is 1.87. The summed E-state index contributed by atoms with van der Waals surface area (Å²) in [4.78, 5) is 25.2. The van der Waals surface area contributed by atoms with Crippen molar-refractivity contribution in [1.29, 1.82) is 0 Å². The first-order valence-corrected chi connectivity index (χ1v) is 9.60. The third-order valence-electron chi connectivity index (χ3n) is 5.36. The van der Waals surface area contributed by atoms with E-state index >= 15 is 0 Å². The van der Waals surface area contributed by atoms with E-state index in [1.165, 1.54) is 11.9 Å². The van der Waals surface area contributed by atoms with Crippen LogP contribution in [-0.4, -0.2) is 66.9 Å². The first-order valence-electron chi connectivity index (χ1n) is 9.60. The molecule has 0 unspecified atom stereocenters. The number of carbonyl (C=O) groups excluding carboxylic acids is 1. The summed E-state index contributed by atoms with van der Waals surface area (Å²) < 4.78 is 0. The molecular weight excluding hydrogens is 356 g/mol. The van der Waals surface area contributed by atoms with Gasteiger partial charge in [0.1, 0.15) is 18.0 Å². The van der Waals surface area contributed by atoms with Crippen molar-refractivity contribution in [3.8, 4) is 0 Å². The molecule has 2 aliphatic heterocycles. The monoisotopic (exact) mass is 382 g/mol. The topological polar surface area (TPSA) is 93.6 Å². The number of carbonyl (C=O) groups is 1. The Bertz CT molecular complexity index is 872. The molecule has 8 heteroatoms. The predicted octanol–water partition coefficient (Wildman–Crippen LogP) is 0.880. The molecule has 28 heavy (non-hydrogen) atoms. The van der Waals surface area contributed by atoms with Crippen LogP contribution >= 0.6 is 0 Å². The van der Waals surface area contributed by atoms with Crippen LogP contribution in [0.3, 0.4) is 0 Å². The maximum atomic E-state index is 12.6. The van der Waals surface area contributed by atoms with Crippen molar-refractivity contribution in [1.82, 2.24) is 15.3 Å². The van der Waals surface area contributed by atoms with Crippen LogP contribution in [0.4, 0.5) is 17.3 Å². The van der Waals surface area contributed by atoms with Gasteiger partial charge in [0.15, 0.2) is 0 Å². The molecule has 3 heterocycles. The van der Waals surface area contributed by atoms with Gasteiger partial charge in [0.05, 0.1) is 12.1 Å². The van der Waals surface area contributed by atoms with Crippen molar-refractivity contribution < 1.29 is 9.90 Å². The fraction of sp³-hybridized carbons (Fsp3) is 0.450. The first kappa shape index (κ1) is 18.5. The molecule has 2 atom stereocenters. The zero-order valence-corrected chi connectivity index (χ0v) is 16.2. The molecule has 148 valence electrons. The largest absolute Gasteiger partial charge is 0.391 e. The number of aromatic nitrogens is 2. The number of rotatable bonds is 5. The first-order chi connectivity index (χ1) is 13.5. The lowest BCUT2D eigenvalue weighted by Gasteiger charge is -2.26. The number of fused-ring (bicyclic) bond motifs is 1. The van der Waals surface area contributed by atoms with E-state index < -0.39 is 6.10 Å². The molecule has 8 nitrogen and oxygen atoms in total. The third kappa shape index (κ3) is 3.73. The molecule has 0 aliphatic carbocycles. The minimum Gasteiger partial charge on any atom is -0.391 e. The minimum atomic E-state index is -0.439. The molecule has 4 rings (SSSR count). The van der Waals surface area contributed by atoms with E-state index in [1.54, 1.807) is 0 Å². The summed E-state index contributed by atoms with van der Waals surface area (Å²) in [5.74, 6) is 1.48. The Balaban J connectivity index is 1.44. The molecule has 1 fully saturated rings. The molecule has 1 amide bonds. The summed E-state index contributed by atoms with van der Waals surface area (Å²) >= 11 is 0. The van der Waals surface area contributed by atoms with Gasteiger partial charge in [-0.25, -0.2) is 9.97 Å². The van der Waals surface area contributed by atoms with Gasteiger partial charge in [0.25, 0.3) is 5.91 Å². The summed E-state index contributed by atoms with van der Waals surface area (Å²) in [7, 11) is 3.85. The smallest absolute Gasteiger partial charge is 0.251 e. The second kappa shape index (κ2) is 7.63. The molecule has 3 N–H and O–H groups in total. The van der Waals surface area contributed by atoms with Gasteiger partial charge in [-0.05, 0) is 36.6 Å². The summed E-state index contributed by atoms with van der Waals surface area (Å²) in [5, 5.41) is 16.5. The van der Waals surface area contributed by atoms with Crippen LogP contribution in [0.1, 0.15) is 22.3 Å². The molecule has 2 aromatic rings. The Hall–Kier alpha value is -2.87. The van der Waals surface area contributed by atoms with E-state index in [4.69, 9.17) is 0 Å². The van der Waals surface area contributed by atoms with Crippen molar-refractivity contribution in [3.05, 3.63) is 41.7 Å². The highest BCUT2D eigenvalue weighted by molar-refractivity contribution is 5.95. The third-order valence-corrected chi connectivity index (χ3v) is 5.36. The Kier molecular flexibility index (Phi) is 5.04. The zero-order chi connectivity index (χ0) is 19.7. The summed E-state index contributed by atoms with van der Waals surface area (Å²) in [5.41, 5.74) is 2.97. The number of hydrogen-bond donors (Lipinski definition) is 3. The van der Waals surface area contributed by atoms with Crippen LogP contribution in [0.2, 0.25) is 0 Å². The van der Waals surface area contributed by atoms with E-state index in [-0.39, 0.29) is 11.9 Å². The van der Waals surface area contributed by atoms with Crippen LogP contribution in [-0.2, 0) is 6.42 Å². The van der Waals surface area contributed by atoms with Crippen LogP contribution in [0.25, 0.3) is 0 Å². The minimum absolute atomic E-state index is 0.0139. The Morgan fingerprint density at radius 1 is 1.36 bits per heavy atom. The lowest BCUT2D eigenvalue weighted by molar-refractivity contribution is 0.0950. The van der Waals surface area contributed by atoms with E-state index in [0.717, 1.165) is 30.3 Å². The average molecular weight is 382 g/mol. The van der Waals surface area contributed by atoms with E-state index in [0.29, 0.717) is 25.1 Å². The molecular formula is C20H26N6O2. The van der Waals surface area contributed by atoms with Gasteiger partial charge in [-0.2, -0.15) is 0 Å². The highest BCUT2D eigenvalue weighted by atomic mass is 16.3. The van der Waals surface area contributed by atoms with Gasteiger partial charge in [-0.3, -0.25) is 4.79 Å². The molecule has 1 saturated heterocycles. The number of β-amino-alcohol motifs (C(OH)–C–C–N with tert-alkyl or cyclic N) is 1.